The Bertz CT molecular complexity index is 470. The van der Waals surface area contributed by atoms with Gasteiger partial charge in [0.25, 0.3) is 0 Å². The van der Waals surface area contributed by atoms with Gasteiger partial charge in [-0.1, -0.05) is 18.6 Å². The first kappa shape index (κ1) is 17.5. The average molecular weight is 298 g/mol. The van der Waals surface area contributed by atoms with Crippen molar-refractivity contribution in [2.75, 3.05) is 6.54 Å². The van der Waals surface area contributed by atoms with Crippen molar-refractivity contribution in [3.05, 3.63) is 35.4 Å². The summed E-state index contributed by atoms with van der Waals surface area (Å²) in [6, 6.07) is 7.46. The molecule has 0 aliphatic carbocycles. The van der Waals surface area contributed by atoms with Crippen LogP contribution in [0.2, 0.25) is 0 Å². The minimum absolute atomic E-state index is 0.284. The van der Waals surface area contributed by atoms with E-state index in [1.165, 1.54) is 12.1 Å². The molecule has 0 spiro atoms. The number of benzene rings is 1. The van der Waals surface area contributed by atoms with Gasteiger partial charge in [-0.15, -0.1) is 0 Å². The van der Waals surface area contributed by atoms with Gasteiger partial charge in [-0.05, 0) is 50.9 Å². The van der Waals surface area contributed by atoms with E-state index in [2.05, 4.69) is 11.4 Å². The molecule has 1 aromatic rings. The predicted octanol–water partition coefficient (Wildman–Crippen LogP) is 4.52. The molecule has 0 atom stereocenters. The molecular formula is C16H21F3N2. The third-order valence-electron chi connectivity index (χ3n) is 3.32. The minimum Gasteiger partial charge on any atom is -0.313 e. The van der Waals surface area contributed by atoms with E-state index < -0.39 is 11.7 Å². The molecule has 0 unspecified atom stereocenters. The normalized spacial score (nSPS) is 12.2. The molecule has 0 bridgehead atoms. The third-order valence-corrected chi connectivity index (χ3v) is 3.32. The first-order valence-corrected chi connectivity index (χ1v) is 7.03. The lowest BCUT2D eigenvalue weighted by Gasteiger charge is -2.14. The van der Waals surface area contributed by atoms with Gasteiger partial charge < -0.3 is 5.32 Å². The number of hydrogen-bond acceptors (Lipinski definition) is 2. The molecule has 0 radical (unpaired) electrons. The number of rotatable bonds is 7. The summed E-state index contributed by atoms with van der Waals surface area (Å²) < 4.78 is 37.2. The minimum atomic E-state index is -4.28. The monoisotopic (exact) mass is 298 g/mol. The van der Waals surface area contributed by atoms with E-state index in [9.17, 15) is 13.2 Å². The Morgan fingerprint density at radius 3 is 2.24 bits per heavy atom. The van der Waals surface area contributed by atoms with Crippen LogP contribution in [-0.2, 0) is 12.7 Å². The van der Waals surface area contributed by atoms with E-state index in [1.54, 1.807) is 0 Å². The van der Waals surface area contributed by atoms with E-state index in [-0.39, 0.29) is 5.41 Å². The predicted molar refractivity (Wildman–Crippen MR) is 76.4 cm³/mol. The fraction of sp³-hybridized carbons (Fsp3) is 0.562. The molecule has 1 aromatic carbocycles. The van der Waals surface area contributed by atoms with Gasteiger partial charge in [-0.2, -0.15) is 18.4 Å². The summed E-state index contributed by atoms with van der Waals surface area (Å²) in [5.74, 6) is 0. The van der Waals surface area contributed by atoms with Crippen LogP contribution in [0.25, 0.3) is 0 Å². The molecule has 0 aliphatic heterocycles. The van der Waals surface area contributed by atoms with Crippen molar-refractivity contribution in [2.45, 2.75) is 45.8 Å². The Labute approximate surface area is 124 Å². The SMILES string of the molecule is CC(C)(C#N)CCCCNCc1ccc(C(F)(F)F)cc1. The molecular weight excluding hydrogens is 277 g/mol. The molecule has 1 N–H and O–H groups in total. The molecule has 116 valence electrons. The van der Waals surface area contributed by atoms with E-state index in [4.69, 9.17) is 5.26 Å². The highest BCUT2D eigenvalue weighted by Crippen LogP contribution is 2.29. The van der Waals surface area contributed by atoms with E-state index in [1.807, 2.05) is 13.8 Å². The van der Waals surface area contributed by atoms with Gasteiger partial charge >= 0.3 is 6.18 Å². The number of halogens is 3. The molecule has 5 heteroatoms. The number of nitriles is 1. The van der Waals surface area contributed by atoms with Crippen LogP contribution in [0.15, 0.2) is 24.3 Å². The lowest BCUT2D eigenvalue weighted by Crippen LogP contribution is -2.16. The smallest absolute Gasteiger partial charge is 0.313 e. The van der Waals surface area contributed by atoms with Gasteiger partial charge in [0.1, 0.15) is 0 Å². The second-order valence-corrected chi connectivity index (χ2v) is 5.82. The highest BCUT2D eigenvalue weighted by molar-refractivity contribution is 5.24. The van der Waals surface area contributed by atoms with Gasteiger partial charge in [0, 0.05) is 6.54 Å². The van der Waals surface area contributed by atoms with Crippen molar-refractivity contribution in [2.24, 2.45) is 5.41 Å². The average Bonchev–Trinajstić information content (AvgIpc) is 2.42. The fourth-order valence-electron chi connectivity index (χ4n) is 1.92. The summed E-state index contributed by atoms with van der Waals surface area (Å²) in [6.45, 7) is 5.19. The highest BCUT2D eigenvalue weighted by Gasteiger charge is 2.29. The molecule has 0 amide bonds. The molecule has 0 heterocycles. The van der Waals surface area contributed by atoms with Crippen molar-refractivity contribution in [1.82, 2.24) is 5.32 Å². The molecule has 0 aliphatic rings. The fourth-order valence-corrected chi connectivity index (χ4v) is 1.92. The van der Waals surface area contributed by atoms with Crippen LogP contribution in [0, 0.1) is 16.7 Å². The highest BCUT2D eigenvalue weighted by atomic mass is 19.4. The lowest BCUT2D eigenvalue weighted by molar-refractivity contribution is -0.137. The van der Waals surface area contributed by atoms with Crippen LogP contribution in [0.3, 0.4) is 0 Å². The van der Waals surface area contributed by atoms with E-state index in [0.717, 1.165) is 43.5 Å². The topological polar surface area (TPSA) is 35.8 Å². The third kappa shape index (κ3) is 6.63. The van der Waals surface area contributed by atoms with E-state index in [0.29, 0.717) is 6.54 Å². The summed E-state index contributed by atoms with van der Waals surface area (Å²) in [5, 5.41) is 12.1. The van der Waals surface area contributed by atoms with Gasteiger partial charge in [0.2, 0.25) is 0 Å². The number of hydrogen-bond donors (Lipinski definition) is 1. The van der Waals surface area contributed by atoms with Crippen LogP contribution >= 0.6 is 0 Å². The molecule has 21 heavy (non-hydrogen) atoms. The molecule has 0 saturated carbocycles. The molecule has 0 fully saturated rings. The Morgan fingerprint density at radius 2 is 1.71 bits per heavy atom. The lowest BCUT2D eigenvalue weighted by atomic mass is 9.89. The van der Waals surface area contributed by atoms with Crippen LogP contribution in [-0.4, -0.2) is 6.54 Å². The maximum absolute atomic E-state index is 12.4. The number of unbranched alkanes of at least 4 members (excludes halogenated alkanes) is 1. The maximum Gasteiger partial charge on any atom is 0.416 e. The number of nitrogens with zero attached hydrogens (tertiary/aromatic N) is 1. The van der Waals surface area contributed by atoms with Crippen molar-refractivity contribution < 1.29 is 13.2 Å². The molecule has 0 aromatic heterocycles. The van der Waals surface area contributed by atoms with Gasteiger partial charge in [0.05, 0.1) is 17.0 Å². The molecule has 1 rings (SSSR count). The van der Waals surface area contributed by atoms with Crippen LogP contribution in [0.5, 0.6) is 0 Å². The van der Waals surface area contributed by atoms with Crippen molar-refractivity contribution in [1.29, 1.82) is 5.26 Å². The Morgan fingerprint density at radius 1 is 1.10 bits per heavy atom. The van der Waals surface area contributed by atoms with Crippen molar-refractivity contribution in [3.63, 3.8) is 0 Å². The van der Waals surface area contributed by atoms with Crippen molar-refractivity contribution in [3.8, 4) is 6.07 Å². The maximum atomic E-state index is 12.4. The summed E-state index contributed by atoms with van der Waals surface area (Å²) in [5.41, 5.74) is -0.0710. The standard InChI is InChI=1S/C16H21F3N2/c1-15(2,12-20)9-3-4-10-21-11-13-5-7-14(8-6-13)16(17,18)19/h5-8,21H,3-4,9-11H2,1-2H3. The zero-order valence-corrected chi connectivity index (χ0v) is 12.4. The number of nitrogens with one attached hydrogen (secondary N) is 1. The summed E-state index contributed by atoms with van der Waals surface area (Å²) in [4.78, 5) is 0. The quantitative estimate of drug-likeness (QED) is 0.751. The Balaban J connectivity index is 2.23. The van der Waals surface area contributed by atoms with Crippen LogP contribution in [0.1, 0.15) is 44.2 Å². The second kappa shape index (κ2) is 7.46. The first-order chi connectivity index (χ1) is 9.74. The van der Waals surface area contributed by atoms with Gasteiger partial charge in [0.15, 0.2) is 0 Å². The Hall–Kier alpha value is -1.54. The largest absolute Gasteiger partial charge is 0.416 e. The van der Waals surface area contributed by atoms with Gasteiger partial charge in [-0.3, -0.25) is 0 Å². The zero-order chi connectivity index (χ0) is 15.9. The summed E-state index contributed by atoms with van der Waals surface area (Å²) in [7, 11) is 0. The van der Waals surface area contributed by atoms with Crippen LogP contribution in [0.4, 0.5) is 13.2 Å². The first-order valence-electron chi connectivity index (χ1n) is 7.03. The molecule has 2 nitrogen and oxygen atoms in total. The molecule has 0 saturated heterocycles. The van der Waals surface area contributed by atoms with Crippen LogP contribution < -0.4 is 5.32 Å². The Kier molecular flexibility index (Phi) is 6.22. The van der Waals surface area contributed by atoms with Gasteiger partial charge in [-0.25, -0.2) is 0 Å². The van der Waals surface area contributed by atoms with Crippen molar-refractivity contribution >= 4 is 0 Å². The summed E-state index contributed by atoms with van der Waals surface area (Å²) in [6.07, 6.45) is -1.52. The zero-order valence-electron chi connectivity index (χ0n) is 12.4. The van der Waals surface area contributed by atoms with E-state index >= 15 is 0 Å². The summed E-state index contributed by atoms with van der Waals surface area (Å²) >= 11 is 0. The second-order valence-electron chi connectivity index (χ2n) is 5.82. The number of alkyl halides is 3.